The molecule has 2 aromatic rings. The summed E-state index contributed by atoms with van der Waals surface area (Å²) in [6.07, 6.45) is 0.717. The van der Waals surface area contributed by atoms with Gasteiger partial charge in [-0.2, -0.15) is 0 Å². The van der Waals surface area contributed by atoms with E-state index in [1.165, 1.54) is 17.7 Å². The lowest BCUT2D eigenvalue weighted by Crippen LogP contribution is -2.48. The molecule has 3 rings (SSSR count). The maximum Gasteiger partial charge on any atom is 0.123 e. The first-order chi connectivity index (χ1) is 11.2. The molecule has 4 heteroatoms. The lowest BCUT2D eigenvalue weighted by molar-refractivity contribution is 0.176. The van der Waals surface area contributed by atoms with Crippen molar-refractivity contribution in [3.8, 4) is 0 Å². The minimum Gasteiger partial charge on any atom is -0.363 e. The van der Waals surface area contributed by atoms with Gasteiger partial charge in [0.15, 0.2) is 0 Å². The molecule has 1 fully saturated rings. The molecule has 0 saturated carbocycles. The fraction of sp³-hybridized carbons (Fsp3) is 0.316. The second-order valence-corrected chi connectivity index (χ2v) is 6.42. The van der Waals surface area contributed by atoms with E-state index >= 15 is 0 Å². The van der Waals surface area contributed by atoms with Crippen molar-refractivity contribution in [2.45, 2.75) is 13.0 Å². The van der Waals surface area contributed by atoms with Crippen LogP contribution in [0, 0.1) is 5.82 Å². The van der Waals surface area contributed by atoms with Gasteiger partial charge in [0.1, 0.15) is 5.82 Å². The Morgan fingerprint density at radius 2 is 1.52 bits per heavy atom. The molecule has 0 unspecified atom stereocenters. The van der Waals surface area contributed by atoms with Crippen LogP contribution in [0.3, 0.4) is 0 Å². The summed E-state index contributed by atoms with van der Waals surface area (Å²) >= 11 is 5.57. The molecule has 0 aliphatic carbocycles. The molecule has 0 N–H and O–H groups in total. The highest BCUT2D eigenvalue weighted by molar-refractivity contribution is 7.80. The van der Waals surface area contributed by atoms with Crippen LogP contribution in [0.2, 0.25) is 0 Å². The summed E-state index contributed by atoms with van der Waals surface area (Å²) in [6, 6.07) is 17.2. The second kappa shape index (κ2) is 7.66. The number of thiocarbonyl (C=S) groups is 1. The van der Waals surface area contributed by atoms with Gasteiger partial charge in [0.2, 0.25) is 0 Å². The van der Waals surface area contributed by atoms with E-state index in [1.54, 1.807) is 0 Å². The summed E-state index contributed by atoms with van der Waals surface area (Å²) in [6.45, 7) is 4.98. The first kappa shape index (κ1) is 16.1. The van der Waals surface area contributed by atoms with Crippen LogP contribution in [0.1, 0.15) is 11.1 Å². The SMILES string of the molecule is Fc1ccc(CC(=S)N2CCN(Cc3ccccc3)CC2)cc1. The van der Waals surface area contributed by atoms with Crippen molar-refractivity contribution >= 4 is 17.2 Å². The zero-order chi connectivity index (χ0) is 16.1. The molecule has 120 valence electrons. The number of rotatable bonds is 4. The van der Waals surface area contributed by atoms with Gasteiger partial charge in [0.25, 0.3) is 0 Å². The van der Waals surface area contributed by atoms with Gasteiger partial charge in [-0.3, -0.25) is 4.90 Å². The molecule has 1 saturated heterocycles. The number of hydrogen-bond donors (Lipinski definition) is 0. The van der Waals surface area contributed by atoms with E-state index in [0.29, 0.717) is 6.42 Å². The highest BCUT2D eigenvalue weighted by Crippen LogP contribution is 2.11. The fourth-order valence-electron chi connectivity index (χ4n) is 2.89. The Balaban J connectivity index is 1.48. The predicted molar refractivity (Wildman–Crippen MR) is 96.0 cm³/mol. The highest BCUT2D eigenvalue weighted by atomic mass is 32.1. The van der Waals surface area contributed by atoms with Crippen molar-refractivity contribution in [2.24, 2.45) is 0 Å². The Hall–Kier alpha value is -1.78. The molecule has 23 heavy (non-hydrogen) atoms. The summed E-state index contributed by atoms with van der Waals surface area (Å²) < 4.78 is 13.0. The summed E-state index contributed by atoms with van der Waals surface area (Å²) in [5, 5.41) is 0. The minimum atomic E-state index is -0.200. The Morgan fingerprint density at radius 1 is 0.870 bits per heavy atom. The smallest absolute Gasteiger partial charge is 0.123 e. The third-order valence-corrected chi connectivity index (χ3v) is 4.65. The molecular weight excluding hydrogens is 307 g/mol. The van der Waals surface area contributed by atoms with Crippen LogP contribution < -0.4 is 0 Å². The van der Waals surface area contributed by atoms with Crippen molar-refractivity contribution < 1.29 is 4.39 Å². The molecule has 1 aliphatic rings. The monoisotopic (exact) mass is 328 g/mol. The standard InChI is InChI=1S/C19H21FN2S/c20-18-8-6-16(7-9-18)14-19(23)22-12-10-21(11-13-22)15-17-4-2-1-3-5-17/h1-9H,10-15H2. The normalized spacial score (nSPS) is 15.6. The van der Waals surface area contributed by atoms with Crippen LogP contribution in [0.5, 0.6) is 0 Å². The Bertz CT molecular complexity index is 634. The van der Waals surface area contributed by atoms with Gasteiger partial charge in [-0.15, -0.1) is 0 Å². The third kappa shape index (κ3) is 4.60. The largest absolute Gasteiger partial charge is 0.363 e. The van der Waals surface area contributed by atoms with Crippen molar-refractivity contribution in [1.82, 2.24) is 9.80 Å². The maximum absolute atomic E-state index is 13.0. The highest BCUT2D eigenvalue weighted by Gasteiger charge is 2.19. The maximum atomic E-state index is 13.0. The lowest BCUT2D eigenvalue weighted by Gasteiger charge is -2.36. The minimum absolute atomic E-state index is 0.200. The van der Waals surface area contributed by atoms with Crippen molar-refractivity contribution in [1.29, 1.82) is 0 Å². The molecular formula is C19H21FN2S. The van der Waals surface area contributed by atoms with Crippen LogP contribution in [-0.2, 0) is 13.0 Å². The van der Waals surface area contributed by atoms with E-state index in [2.05, 4.69) is 40.1 Å². The van der Waals surface area contributed by atoms with E-state index in [0.717, 1.165) is 43.3 Å². The van der Waals surface area contributed by atoms with Crippen LogP contribution in [0.15, 0.2) is 54.6 Å². The Morgan fingerprint density at radius 3 is 2.17 bits per heavy atom. The molecule has 0 spiro atoms. The summed E-state index contributed by atoms with van der Waals surface area (Å²) in [4.78, 5) is 5.70. The molecule has 0 aromatic heterocycles. The zero-order valence-corrected chi connectivity index (χ0v) is 13.9. The van der Waals surface area contributed by atoms with Crippen molar-refractivity contribution in [2.75, 3.05) is 26.2 Å². The molecule has 0 atom stereocenters. The topological polar surface area (TPSA) is 6.48 Å². The van der Waals surface area contributed by atoms with Gasteiger partial charge in [-0.05, 0) is 23.3 Å². The third-order valence-electron chi connectivity index (χ3n) is 4.24. The Labute approximate surface area is 142 Å². The Kier molecular flexibility index (Phi) is 5.36. The summed E-state index contributed by atoms with van der Waals surface area (Å²) in [5.41, 5.74) is 2.43. The number of benzene rings is 2. The average Bonchev–Trinajstić information content (AvgIpc) is 2.58. The first-order valence-corrected chi connectivity index (χ1v) is 8.40. The quantitative estimate of drug-likeness (QED) is 0.793. The summed E-state index contributed by atoms with van der Waals surface area (Å²) in [5.74, 6) is -0.200. The molecule has 1 heterocycles. The molecule has 0 amide bonds. The molecule has 2 aromatic carbocycles. The van der Waals surface area contributed by atoms with E-state index < -0.39 is 0 Å². The fourth-order valence-corrected chi connectivity index (χ4v) is 3.23. The van der Waals surface area contributed by atoms with Gasteiger partial charge in [0.05, 0.1) is 4.99 Å². The van der Waals surface area contributed by atoms with E-state index in [9.17, 15) is 4.39 Å². The second-order valence-electron chi connectivity index (χ2n) is 5.95. The molecule has 2 nitrogen and oxygen atoms in total. The van der Waals surface area contributed by atoms with Crippen LogP contribution >= 0.6 is 12.2 Å². The van der Waals surface area contributed by atoms with E-state index in [4.69, 9.17) is 12.2 Å². The number of piperazine rings is 1. The van der Waals surface area contributed by atoms with E-state index in [1.807, 2.05) is 12.1 Å². The lowest BCUT2D eigenvalue weighted by atomic mass is 10.1. The van der Waals surface area contributed by atoms with Gasteiger partial charge < -0.3 is 4.90 Å². The van der Waals surface area contributed by atoms with Gasteiger partial charge in [-0.25, -0.2) is 4.39 Å². The number of nitrogens with zero attached hydrogens (tertiary/aromatic N) is 2. The van der Waals surface area contributed by atoms with Gasteiger partial charge in [-0.1, -0.05) is 54.7 Å². The van der Waals surface area contributed by atoms with Crippen LogP contribution in [0.25, 0.3) is 0 Å². The number of halogens is 1. The van der Waals surface area contributed by atoms with Crippen molar-refractivity contribution in [3.63, 3.8) is 0 Å². The summed E-state index contributed by atoms with van der Waals surface area (Å²) in [7, 11) is 0. The predicted octanol–water partition coefficient (Wildman–Crippen LogP) is 3.51. The average molecular weight is 328 g/mol. The number of hydrogen-bond acceptors (Lipinski definition) is 2. The first-order valence-electron chi connectivity index (χ1n) is 7.99. The molecule has 0 bridgehead atoms. The van der Waals surface area contributed by atoms with Gasteiger partial charge >= 0.3 is 0 Å². The molecule has 1 aliphatic heterocycles. The van der Waals surface area contributed by atoms with Gasteiger partial charge in [0, 0.05) is 39.1 Å². The zero-order valence-electron chi connectivity index (χ0n) is 13.1. The van der Waals surface area contributed by atoms with Crippen LogP contribution in [0.4, 0.5) is 4.39 Å². The van der Waals surface area contributed by atoms with E-state index in [-0.39, 0.29) is 5.82 Å². The molecule has 0 radical (unpaired) electrons. The van der Waals surface area contributed by atoms with Crippen molar-refractivity contribution in [3.05, 3.63) is 71.5 Å². The van der Waals surface area contributed by atoms with Crippen LogP contribution in [-0.4, -0.2) is 41.0 Å².